The molecule has 2 heteroatoms. The minimum Gasteiger partial charge on any atom is -0.135 e. The summed E-state index contributed by atoms with van der Waals surface area (Å²) in [6, 6.07) is 13.3. The van der Waals surface area contributed by atoms with Crippen LogP contribution in [0.2, 0.25) is 0 Å². The van der Waals surface area contributed by atoms with E-state index >= 15 is 0 Å². The molecule has 80 valence electrons. The van der Waals surface area contributed by atoms with Crippen LogP contribution in [0.25, 0.3) is 20.2 Å². The maximum atomic E-state index is 3.52. The molecular weight excluding hydrogens is 280 g/mol. The molecule has 3 rings (SSSR count). The quantitative estimate of drug-likeness (QED) is 0.564. The highest BCUT2D eigenvalue weighted by atomic mass is 79.9. The first-order valence-electron chi connectivity index (χ1n) is 5.38. The van der Waals surface area contributed by atoms with E-state index in [2.05, 4.69) is 59.3 Å². The second-order valence-electron chi connectivity index (χ2n) is 3.93. The van der Waals surface area contributed by atoms with E-state index < -0.39 is 0 Å². The molecule has 1 aromatic heterocycles. The Morgan fingerprint density at radius 2 is 1.88 bits per heavy atom. The van der Waals surface area contributed by atoms with Crippen LogP contribution in [0.4, 0.5) is 0 Å². The van der Waals surface area contributed by atoms with E-state index in [1.165, 1.54) is 25.7 Å². The van der Waals surface area contributed by atoms with Gasteiger partial charge in [0.15, 0.2) is 0 Å². The number of halogens is 1. The second kappa shape index (κ2) is 3.86. The third kappa shape index (κ3) is 1.57. The maximum Gasteiger partial charge on any atom is 0.0366 e. The molecule has 0 saturated heterocycles. The third-order valence-corrected chi connectivity index (χ3v) is 4.53. The lowest BCUT2D eigenvalue weighted by atomic mass is 10.1. The number of fused-ring (bicyclic) bond motifs is 3. The van der Waals surface area contributed by atoms with Crippen LogP contribution in [0.3, 0.4) is 0 Å². The van der Waals surface area contributed by atoms with Crippen molar-refractivity contribution in [2.24, 2.45) is 0 Å². The molecule has 1 heterocycles. The van der Waals surface area contributed by atoms with E-state index in [4.69, 9.17) is 0 Å². The standard InChI is InChI=1S/C14H11BrS/c1-2-9-3-6-13-12(7-9)11-5-4-10(15)8-14(11)16-13/h3-8H,2H2,1H3. The van der Waals surface area contributed by atoms with Crippen LogP contribution in [-0.4, -0.2) is 0 Å². The van der Waals surface area contributed by atoms with Crippen molar-refractivity contribution in [3.63, 3.8) is 0 Å². The third-order valence-electron chi connectivity index (χ3n) is 2.91. The molecule has 0 aliphatic carbocycles. The molecule has 0 nitrogen and oxygen atoms in total. The van der Waals surface area contributed by atoms with Crippen LogP contribution in [0.15, 0.2) is 40.9 Å². The van der Waals surface area contributed by atoms with E-state index in [1.807, 2.05) is 11.3 Å². The van der Waals surface area contributed by atoms with Crippen molar-refractivity contribution in [2.75, 3.05) is 0 Å². The molecule has 16 heavy (non-hydrogen) atoms. The molecule has 0 aliphatic heterocycles. The summed E-state index contributed by atoms with van der Waals surface area (Å²) < 4.78 is 3.89. The topological polar surface area (TPSA) is 0 Å². The van der Waals surface area contributed by atoms with Gasteiger partial charge in [-0.05, 0) is 36.2 Å². The fraction of sp³-hybridized carbons (Fsp3) is 0.143. The first-order valence-corrected chi connectivity index (χ1v) is 6.99. The number of hydrogen-bond donors (Lipinski definition) is 0. The average molecular weight is 291 g/mol. The highest BCUT2D eigenvalue weighted by Crippen LogP contribution is 2.35. The van der Waals surface area contributed by atoms with Crippen LogP contribution in [0, 0.1) is 0 Å². The molecule has 0 radical (unpaired) electrons. The molecule has 0 saturated carbocycles. The van der Waals surface area contributed by atoms with E-state index in [0.29, 0.717) is 0 Å². The van der Waals surface area contributed by atoms with E-state index in [0.717, 1.165) is 10.9 Å². The van der Waals surface area contributed by atoms with Gasteiger partial charge in [-0.1, -0.05) is 35.0 Å². The molecule has 2 aromatic carbocycles. The Labute approximate surface area is 107 Å². The zero-order chi connectivity index (χ0) is 11.1. The Bertz CT molecular complexity index is 667. The van der Waals surface area contributed by atoms with Gasteiger partial charge in [0.1, 0.15) is 0 Å². The lowest BCUT2D eigenvalue weighted by Crippen LogP contribution is -1.77. The Kier molecular flexibility index (Phi) is 2.49. The Morgan fingerprint density at radius 3 is 2.69 bits per heavy atom. The van der Waals surface area contributed by atoms with E-state index in [-0.39, 0.29) is 0 Å². The SMILES string of the molecule is CCc1ccc2sc3cc(Br)ccc3c2c1. The van der Waals surface area contributed by atoms with Crippen molar-refractivity contribution < 1.29 is 0 Å². The summed E-state index contributed by atoms with van der Waals surface area (Å²) in [4.78, 5) is 0. The number of rotatable bonds is 1. The van der Waals surface area contributed by atoms with Gasteiger partial charge in [-0.15, -0.1) is 11.3 Å². The molecule has 0 fully saturated rings. The smallest absolute Gasteiger partial charge is 0.0366 e. The fourth-order valence-corrected chi connectivity index (χ4v) is 3.66. The molecule has 0 bridgehead atoms. The average Bonchev–Trinajstić information content (AvgIpc) is 2.65. The minimum atomic E-state index is 1.10. The number of benzene rings is 2. The van der Waals surface area contributed by atoms with Gasteiger partial charge in [0.05, 0.1) is 0 Å². The van der Waals surface area contributed by atoms with Gasteiger partial charge < -0.3 is 0 Å². The van der Waals surface area contributed by atoms with Gasteiger partial charge in [0.2, 0.25) is 0 Å². The zero-order valence-electron chi connectivity index (χ0n) is 8.96. The Hall–Kier alpha value is -0.860. The first-order chi connectivity index (χ1) is 7.78. The van der Waals surface area contributed by atoms with Gasteiger partial charge in [-0.25, -0.2) is 0 Å². The fourth-order valence-electron chi connectivity index (χ4n) is 2.02. The van der Waals surface area contributed by atoms with Crippen LogP contribution in [0.5, 0.6) is 0 Å². The van der Waals surface area contributed by atoms with Gasteiger partial charge in [-0.3, -0.25) is 0 Å². The van der Waals surface area contributed by atoms with Crippen LogP contribution < -0.4 is 0 Å². The molecule has 0 spiro atoms. The second-order valence-corrected chi connectivity index (χ2v) is 5.93. The molecule has 0 atom stereocenters. The van der Waals surface area contributed by atoms with Crippen LogP contribution in [0.1, 0.15) is 12.5 Å². The molecule has 0 amide bonds. The van der Waals surface area contributed by atoms with E-state index in [9.17, 15) is 0 Å². The largest absolute Gasteiger partial charge is 0.135 e. The van der Waals surface area contributed by atoms with Crippen molar-refractivity contribution in [2.45, 2.75) is 13.3 Å². The number of thiophene rings is 1. The van der Waals surface area contributed by atoms with Crippen LogP contribution >= 0.6 is 27.3 Å². The van der Waals surface area contributed by atoms with Crippen molar-refractivity contribution >= 4 is 47.4 Å². The lowest BCUT2D eigenvalue weighted by Gasteiger charge is -1.96. The van der Waals surface area contributed by atoms with Crippen LogP contribution in [-0.2, 0) is 6.42 Å². The van der Waals surface area contributed by atoms with Gasteiger partial charge in [-0.2, -0.15) is 0 Å². The maximum absolute atomic E-state index is 3.52. The summed E-state index contributed by atoms with van der Waals surface area (Å²) in [5.74, 6) is 0. The van der Waals surface area contributed by atoms with E-state index in [1.54, 1.807) is 0 Å². The number of hydrogen-bond acceptors (Lipinski definition) is 1. The summed E-state index contributed by atoms with van der Waals surface area (Å²) >= 11 is 5.39. The summed E-state index contributed by atoms with van der Waals surface area (Å²) in [5.41, 5.74) is 1.41. The molecule has 0 unspecified atom stereocenters. The summed E-state index contributed by atoms with van der Waals surface area (Å²) in [6.07, 6.45) is 1.10. The first kappa shape index (κ1) is 10.3. The normalized spacial score (nSPS) is 11.4. The lowest BCUT2D eigenvalue weighted by molar-refractivity contribution is 1.15. The Morgan fingerprint density at radius 1 is 1.00 bits per heavy atom. The monoisotopic (exact) mass is 290 g/mol. The highest BCUT2D eigenvalue weighted by molar-refractivity contribution is 9.10. The summed E-state index contributed by atoms with van der Waals surface area (Å²) in [7, 11) is 0. The predicted octanol–water partition coefficient (Wildman–Crippen LogP) is 5.38. The predicted molar refractivity (Wildman–Crippen MR) is 76.4 cm³/mol. The van der Waals surface area contributed by atoms with Gasteiger partial charge >= 0.3 is 0 Å². The molecule has 3 aromatic rings. The van der Waals surface area contributed by atoms with Gasteiger partial charge in [0.25, 0.3) is 0 Å². The summed E-state index contributed by atoms with van der Waals surface area (Å²) in [5, 5.41) is 2.77. The highest BCUT2D eigenvalue weighted by Gasteiger charge is 2.05. The minimum absolute atomic E-state index is 1.10. The van der Waals surface area contributed by atoms with Crippen molar-refractivity contribution in [3.05, 3.63) is 46.4 Å². The Balaban J connectivity index is 2.42. The zero-order valence-corrected chi connectivity index (χ0v) is 11.4. The molecular formula is C14H11BrS. The van der Waals surface area contributed by atoms with Gasteiger partial charge in [0, 0.05) is 24.6 Å². The summed E-state index contributed by atoms with van der Waals surface area (Å²) in [6.45, 7) is 2.20. The van der Waals surface area contributed by atoms with Crippen molar-refractivity contribution in [1.82, 2.24) is 0 Å². The van der Waals surface area contributed by atoms with Crippen molar-refractivity contribution in [3.8, 4) is 0 Å². The molecule has 0 aliphatic rings. The van der Waals surface area contributed by atoms with Crippen molar-refractivity contribution in [1.29, 1.82) is 0 Å². The molecule has 0 N–H and O–H groups in total. The number of aryl methyl sites for hydroxylation is 1.